The third kappa shape index (κ3) is 6.98. The van der Waals surface area contributed by atoms with Gasteiger partial charge in [-0.2, -0.15) is 0 Å². The van der Waals surface area contributed by atoms with Gasteiger partial charge in [-0.05, 0) is 35.7 Å². The Labute approximate surface area is 195 Å². The third-order valence-corrected chi connectivity index (χ3v) is 5.97. The molecule has 2 aromatic rings. The van der Waals surface area contributed by atoms with E-state index < -0.39 is 5.97 Å². The first-order valence-electron chi connectivity index (χ1n) is 11.4. The van der Waals surface area contributed by atoms with Crippen LogP contribution in [0.25, 0.3) is 0 Å². The monoisotopic (exact) mass is 457 g/mol. The zero-order chi connectivity index (χ0) is 23.6. The standard InChI is InChI=1S/C25H35N3O5/c1-4-24(28-9-11-33-12-10-28)22-8-5-18(19(16-31-2)14-25(29)30)13-23(22)27-20-6-7-21(17-32-3)26-15-20/h5-8,13,15,19,24,27H,4,9-12,14,16-17H2,1-3H3,(H,29,30)/t19?,24-/m0/s1. The predicted molar refractivity (Wildman–Crippen MR) is 127 cm³/mol. The number of methoxy groups -OCH3 is 2. The maximum absolute atomic E-state index is 11.4. The molecular formula is C25H35N3O5. The van der Waals surface area contributed by atoms with Crippen LogP contribution in [-0.2, 0) is 25.6 Å². The van der Waals surface area contributed by atoms with Gasteiger partial charge in [-0.3, -0.25) is 14.7 Å². The molecule has 1 aromatic carbocycles. The van der Waals surface area contributed by atoms with E-state index in [0.29, 0.717) is 13.2 Å². The zero-order valence-electron chi connectivity index (χ0n) is 19.8. The van der Waals surface area contributed by atoms with Gasteiger partial charge in [0, 0.05) is 45.0 Å². The van der Waals surface area contributed by atoms with Gasteiger partial charge in [0.15, 0.2) is 0 Å². The molecule has 0 radical (unpaired) electrons. The van der Waals surface area contributed by atoms with E-state index in [9.17, 15) is 9.90 Å². The van der Waals surface area contributed by atoms with E-state index in [1.165, 1.54) is 5.56 Å². The topological polar surface area (TPSA) is 93.2 Å². The van der Waals surface area contributed by atoms with Crippen molar-refractivity contribution in [3.8, 4) is 0 Å². The van der Waals surface area contributed by atoms with Gasteiger partial charge >= 0.3 is 5.97 Å². The SMILES string of the molecule is CC[C@@H](c1ccc(C(COC)CC(=O)O)cc1Nc1ccc(COC)nc1)N1CCOCC1. The lowest BCUT2D eigenvalue weighted by molar-refractivity contribution is -0.137. The second-order valence-electron chi connectivity index (χ2n) is 8.27. The minimum atomic E-state index is -0.840. The van der Waals surface area contributed by atoms with E-state index in [1.807, 2.05) is 18.2 Å². The molecule has 1 fully saturated rings. The van der Waals surface area contributed by atoms with Crippen molar-refractivity contribution in [1.82, 2.24) is 9.88 Å². The fourth-order valence-electron chi connectivity index (χ4n) is 4.36. The lowest BCUT2D eigenvalue weighted by Crippen LogP contribution is -2.39. The van der Waals surface area contributed by atoms with Crippen molar-refractivity contribution in [2.75, 3.05) is 52.4 Å². The summed E-state index contributed by atoms with van der Waals surface area (Å²) in [5, 5.41) is 12.9. The van der Waals surface area contributed by atoms with Gasteiger partial charge < -0.3 is 24.6 Å². The molecule has 0 amide bonds. The maximum atomic E-state index is 11.4. The molecule has 1 saturated heterocycles. The van der Waals surface area contributed by atoms with Crippen LogP contribution in [0.15, 0.2) is 36.5 Å². The van der Waals surface area contributed by atoms with Gasteiger partial charge in [0.2, 0.25) is 0 Å². The van der Waals surface area contributed by atoms with Gasteiger partial charge in [-0.25, -0.2) is 0 Å². The average molecular weight is 458 g/mol. The van der Waals surface area contributed by atoms with E-state index in [2.05, 4.69) is 34.3 Å². The van der Waals surface area contributed by atoms with Gasteiger partial charge in [0.25, 0.3) is 0 Å². The molecule has 180 valence electrons. The summed E-state index contributed by atoms with van der Waals surface area (Å²) in [6.07, 6.45) is 2.76. The largest absolute Gasteiger partial charge is 0.481 e. The molecule has 1 aromatic heterocycles. The Morgan fingerprint density at radius 3 is 2.61 bits per heavy atom. The molecule has 2 heterocycles. The van der Waals surface area contributed by atoms with Crippen LogP contribution < -0.4 is 5.32 Å². The number of ether oxygens (including phenoxy) is 3. The number of carbonyl (C=O) groups is 1. The highest BCUT2D eigenvalue weighted by atomic mass is 16.5. The number of aliphatic carboxylic acids is 1. The lowest BCUT2D eigenvalue weighted by Gasteiger charge is -2.35. The number of hydrogen-bond donors (Lipinski definition) is 2. The Balaban J connectivity index is 1.97. The number of carboxylic acid groups (broad SMARTS) is 1. The molecule has 1 unspecified atom stereocenters. The number of carboxylic acids is 1. The summed E-state index contributed by atoms with van der Waals surface area (Å²) in [5.41, 5.74) is 4.80. The van der Waals surface area contributed by atoms with Crippen LogP contribution in [0.2, 0.25) is 0 Å². The summed E-state index contributed by atoms with van der Waals surface area (Å²) in [6.45, 7) is 6.24. The van der Waals surface area contributed by atoms with E-state index in [-0.39, 0.29) is 18.4 Å². The predicted octanol–water partition coefficient (Wildman–Crippen LogP) is 3.96. The molecule has 0 aliphatic carbocycles. The van der Waals surface area contributed by atoms with Gasteiger partial charge in [-0.15, -0.1) is 0 Å². The number of pyridine rings is 1. The third-order valence-electron chi connectivity index (χ3n) is 5.97. The van der Waals surface area contributed by atoms with Crippen LogP contribution in [-0.4, -0.2) is 68.1 Å². The van der Waals surface area contributed by atoms with Gasteiger partial charge in [0.05, 0.1) is 50.4 Å². The van der Waals surface area contributed by atoms with Crippen LogP contribution >= 0.6 is 0 Å². The summed E-state index contributed by atoms with van der Waals surface area (Å²) in [6, 6.07) is 10.4. The Kier molecular flexibility index (Phi) is 9.62. The smallest absolute Gasteiger partial charge is 0.304 e. The van der Waals surface area contributed by atoms with Crippen molar-refractivity contribution < 1.29 is 24.1 Å². The molecule has 0 spiro atoms. The highest BCUT2D eigenvalue weighted by Gasteiger charge is 2.25. The zero-order valence-corrected chi connectivity index (χ0v) is 19.8. The minimum absolute atomic E-state index is 0.0145. The van der Waals surface area contributed by atoms with E-state index in [1.54, 1.807) is 20.4 Å². The Morgan fingerprint density at radius 2 is 2.00 bits per heavy atom. The molecule has 8 heteroatoms. The summed E-state index contributed by atoms with van der Waals surface area (Å²) in [5.74, 6) is -1.07. The number of hydrogen-bond acceptors (Lipinski definition) is 7. The van der Waals surface area contributed by atoms with Gasteiger partial charge in [0.1, 0.15) is 0 Å². The number of nitrogens with one attached hydrogen (secondary N) is 1. The first-order chi connectivity index (χ1) is 16.0. The first kappa shape index (κ1) is 25.1. The van der Waals surface area contributed by atoms with E-state index in [4.69, 9.17) is 14.2 Å². The highest BCUT2D eigenvalue weighted by molar-refractivity contribution is 5.69. The van der Waals surface area contributed by atoms with Crippen LogP contribution in [0.5, 0.6) is 0 Å². The molecule has 2 atom stereocenters. The Hall–Kier alpha value is -2.52. The number of anilines is 2. The fraction of sp³-hybridized carbons (Fsp3) is 0.520. The Morgan fingerprint density at radius 1 is 1.21 bits per heavy atom. The summed E-state index contributed by atoms with van der Waals surface area (Å²) in [7, 11) is 3.25. The number of rotatable bonds is 12. The summed E-state index contributed by atoms with van der Waals surface area (Å²) in [4.78, 5) is 18.4. The minimum Gasteiger partial charge on any atom is -0.481 e. The summed E-state index contributed by atoms with van der Waals surface area (Å²) < 4.78 is 16.0. The molecule has 1 aliphatic rings. The molecule has 2 N–H and O–H groups in total. The lowest BCUT2D eigenvalue weighted by atomic mass is 9.91. The second kappa shape index (κ2) is 12.6. The number of benzene rings is 1. The first-order valence-corrected chi connectivity index (χ1v) is 11.4. The molecule has 1 aliphatic heterocycles. The molecule has 0 bridgehead atoms. The fourth-order valence-corrected chi connectivity index (χ4v) is 4.36. The van der Waals surface area contributed by atoms with E-state index >= 15 is 0 Å². The van der Waals surface area contributed by atoms with Crippen LogP contribution in [0.3, 0.4) is 0 Å². The maximum Gasteiger partial charge on any atom is 0.304 e. The second-order valence-corrected chi connectivity index (χ2v) is 8.27. The van der Waals surface area contributed by atoms with Crippen molar-refractivity contribution in [3.63, 3.8) is 0 Å². The molecule has 33 heavy (non-hydrogen) atoms. The molecule has 8 nitrogen and oxygen atoms in total. The molecule has 0 saturated carbocycles. The van der Waals surface area contributed by atoms with Crippen molar-refractivity contribution in [1.29, 1.82) is 0 Å². The van der Waals surface area contributed by atoms with Crippen molar-refractivity contribution in [2.24, 2.45) is 0 Å². The number of morpholine rings is 1. The van der Waals surface area contributed by atoms with Crippen LogP contribution in [0.4, 0.5) is 11.4 Å². The quantitative estimate of drug-likeness (QED) is 0.495. The van der Waals surface area contributed by atoms with Gasteiger partial charge in [-0.1, -0.05) is 19.1 Å². The highest BCUT2D eigenvalue weighted by Crippen LogP contribution is 2.35. The molecular weight excluding hydrogens is 422 g/mol. The number of nitrogens with zero attached hydrogens (tertiary/aromatic N) is 2. The van der Waals surface area contributed by atoms with Crippen molar-refractivity contribution >= 4 is 17.3 Å². The van der Waals surface area contributed by atoms with Crippen LogP contribution in [0.1, 0.15) is 48.5 Å². The Bertz CT molecular complexity index is 884. The normalized spacial score (nSPS) is 16.3. The summed E-state index contributed by atoms with van der Waals surface area (Å²) >= 11 is 0. The van der Waals surface area contributed by atoms with E-state index in [0.717, 1.165) is 55.4 Å². The van der Waals surface area contributed by atoms with Crippen LogP contribution in [0, 0.1) is 0 Å². The average Bonchev–Trinajstić information content (AvgIpc) is 2.82. The van der Waals surface area contributed by atoms with Crippen molar-refractivity contribution in [2.45, 2.75) is 38.3 Å². The molecule has 3 rings (SSSR count). The van der Waals surface area contributed by atoms with Crippen molar-refractivity contribution in [3.05, 3.63) is 53.3 Å². The number of aromatic nitrogens is 1.